The van der Waals surface area contributed by atoms with Gasteiger partial charge in [0.15, 0.2) is 122 Å². The monoisotopic (exact) mass is 1400 g/mol. The number of fused-ring (bicyclic) bond motifs is 3. The molecule has 524 valence electrons. The highest BCUT2D eigenvalue weighted by Crippen LogP contribution is 2.57. The lowest BCUT2D eigenvalue weighted by molar-refractivity contribution is -0.0197. The van der Waals surface area contributed by atoms with Crippen molar-refractivity contribution in [2.75, 3.05) is 0 Å². The maximum absolute atomic E-state index is 14.1. The zero-order chi connectivity index (χ0) is 73.0. The van der Waals surface area contributed by atoms with Gasteiger partial charge in [0.25, 0.3) is 0 Å². The van der Waals surface area contributed by atoms with E-state index >= 15 is 0 Å². The van der Waals surface area contributed by atoms with Crippen LogP contribution in [0.4, 0.5) is 0 Å². The van der Waals surface area contributed by atoms with Crippen LogP contribution in [0.1, 0.15) is 105 Å². The molecular weight excluding hydrogens is 1340 g/mol. The van der Waals surface area contributed by atoms with Gasteiger partial charge in [-0.2, -0.15) is 0 Å². The Balaban J connectivity index is 1.02. The van der Waals surface area contributed by atoms with Crippen LogP contribution in [0, 0.1) is 0 Å². The van der Waals surface area contributed by atoms with E-state index in [0.717, 1.165) is 48.5 Å². The van der Waals surface area contributed by atoms with Gasteiger partial charge >= 0.3 is 17.9 Å². The van der Waals surface area contributed by atoms with Crippen molar-refractivity contribution in [2.45, 2.75) is 68.7 Å². The van der Waals surface area contributed by atoms with Gasteiger partial charge in [0.1, 0.15) is 70.1 Å². The second kappa shape index (κ2) is 24.9. The first-order valence-corrected chi connectivity index (χ1v) is 29.5. The number of hydrogen-bond donors (Lipinski definition) is 24. The minimum atomic E-state index is -1.86. The summed E-state index contributed by atoms with van der Waals surface area (Å²) in [7, 11) is 0. The van der Waals surface area contributed by atoms with E-state index < -0.39 is 286 Å². The van der Waals surface area contributed by atoms with Gasteiger partial charge in [-0.25, -0.2) is 14.4 Å². The summed E-state index contributed by atoms with van der Waals surface area (Å²) >= 11 is 0. The van der Waals surface area contributed by atoms with E-state index in [-0.39, 0.29) is 27.8 Å². The lowest BCUT2D eigenvalue weighted by Gasteiger charge is -2.37. The molecule has 0 aromatic heterocycles. The average Bonchev–Trinajstić information content (AvgIpc) is 0.749. The molecule has 9 aromatic rings. The Kier molecular flexibility index (Phi) is 16.5. The molecule has 0 aliphatic carbocycles. The van der Waals surface area contributed by atoms with Crippen LogP contribution in [0.15, 0.2) is 84.9 Å². The van der Waals surface area contributed by atoms with Crippen LogP contribution in [-0.4, -0.2) is 159 Å². The third kappa shape index (κ3) is 11.9. The van der Waals surface area contributed by atoms with Crippen molar-refractivity contribution >= 4 is 17.9 Å². The molecule has 101 heavy (non-hydrogen) atoms. The molecule has 0 saturated carbocycles. The minimum absolute atomic E-state index is 0.206. The fourth-order valence-electron chi connectivity index (χ4n) is 12.2. The van der Waals surface area contributed by atoms with E-state index in [0.29, 0.717) is 36.4 Å². The summed E-state index contributed by atoms with van der Waals surface area (Å²) in [5, 5.41) is 261. The van der Waals surface area contributed by atoms with E-state index in [1.165, 1.54) is 0 Å². The molecule has 0 bridgehead atoms. The number of phenolic OH excluding ortho intramolecular Hbond substituents is 24. The first-order chi connectivity index (χ1) is 47.7. The van der Waals surface area contributed by atoms with Crippen molar-refractivity contribution in [3.8, 4) is 155 Å². The first kappa shape index (κ1) is 67.0. The molecule has 0 unspecified atom stereocenters. The molecule has 33 nitrogen and oxygen atoms in total. The molecule has 6 atom stereocenters. The van der Waals surface area contributed by atoms with Crippen LogP contribution in [0.5, 0.6) is 155 Å². The number of hydrogen-bond acceptors (Lipinski definition) is 33. The SMILES string of the molecule is O=C(O[C@@H]1Cc2c(cc(O)c(Cc3c(O)c(Cc4c(O)cc(O)c5c4O[C@H](c4cc(O)c(O)c(O)c4)[C@H](OC(=O)c4cc(O)c(O)c(O)c4)C5)c4c(c3O)C[C@@H](OC(=O)c3cc(O)c(O)c(O)c3)[C@@H](c3cc(O)c(O)c(O)c3)O4)c2O)O[C@@H]1c1cc(O)c(O)c(O)c1)c1cc(O)c(O)c(O)c1. The van der Waals surface area contributed by atoms with Gasteiger partial charge in [-0.05, 0) is 72.8 Å². The quantitative estimate of drug-likeness (QED) is 0.0332. The Hall–Kier alpha value is -14.0. The molecule has 24 N–H and O–H groups in total. The number of ether oxygens (including phenoxy) is 6. The molecule has 0 fully saturated rings. The number of esters is 3. The van der Waals surface area contributed by atoms with Gasteiger partial charge in [0.2, 0.25) is 0 Å². The maximum atomic E-state index is 14.1. The van der Waals surface area contributed by atoms with E-state index in [4.69, 9.17) is 28.4 Å². The molecule has 0 spiro atoms. The van der Waals surface area contributed by atoms with E-state index in [9.17, 15) is 137 Å². The summed E-state index contributed by atoms with van der Waals surface area (Å²) in [6.45, 7) is 0. The number of carbonyl (C=O) groups is 3. The molecule has 33 heteroatoms. The largest absolute Gasteiger partial charge is 0.507 e. The number of benzene rings is 9. The molecular formula is C68H54O33. The number of rotatable bonds is 13. The van der Waals surface area contributed by atoms with Crippen molar-refractivity contribution in [1.29, 1.82) is 0 Å². The average molecular weight is 1400 g/mol. The predicted molar refractivity (Wildman–Crippen MR) is 332 cm³/mol. The number of carbonyl (C=O) groups excluding carboxylic acids is 3. The van der Waals surface area contributed by atoms with Gasteiger partial charge in [-0.3, -0.25) is 0 Å². The van der Waals surface area contributed by atoms with Crippen LogP contribution >= 0.6 is 0 Å². The van der Waals surface area contributed by atoms with Crippen LogP contribution in [0.3, 0.4) is 0 Å². The number of aromatic hydroxyl groups is 24. The topological polar surface area (TPSA) is 592 Å². The van der Waals surface area contributed by atoms with Crippen LogP contribution < -0.4 is 14.2 Å². The third-order valence-electron chi connectivity index (χ3n) is 17.2. The van der Waals surface area contributed by atoms with Crippen molar-refractivity contribution in [1.82, 2.24) is 0 Å². The second-order valence-electron chi connectivity index (χ2n) is 23.6. The summed E-state index contributed by atoms with van der Waals surface area (Å²) < 4.78 is 36.7. The molecule has 3 aliphatic heterocycles. The summed E-state index contributed by atoms with van der Waals surface area (Å²) in [6.07, 6.45) is -14.6. The predicted octanol–water partition coefficient (Wildman–Crippen LogP) is 6.51. The summed E-state index contributed by atoms with van der Waals surface area (Å²) in [6, 6.07) is 11.1. The van der Waals surface area contributed by atoms with E-state index in [1.54, 1.807) is 0 Å². The molecule has 12 rings (SSSR count). The van der Waals surface area contributed by atoms with Crippen LogP contribution in [0.25, 0.3) is 0 Å². The molecule has 0 saturated heterocycles. The second-order valence-corrected chi connectivity index (χ2v) is 23.6. The minimum Gasteiger partial charge on any atom is -0.507 e. The Bertz CT molecular complexity index is 4860. The number of phenols is 24. The standard InChI is InChI=1S/C68H54O33/c69-33-18-34(70)28-15-49(97-66(93)23-7-42(78)58(90)43(79)8-23)62(21-3-38(74)56(88)39(75)4-21)100-64(28)27(33)14-31-53(85)30(54(86)32-17-51(99-68(95)25-11-46(82)60(92)47(83)12-25)63(101-65(31)32)22-5-40(76)57(89)41(77)6-22)13-26-35(71)19-48-29(52(26)84)16-50(61(96-48)20-1-36(72)55(87)37(73)2-20)98-67(94)24-9-44(80)59(91)45(81)10-24/h1-12,18-19,49-51,61-63,69-92H,13-17H2/t49-,50-,51-,61-,62-,63-/m1/s1. The Morgan fingerprint density at radius 3 is 0.931 bits per heavy atom. The van der Waals surface area contributed by atoms with Gasteiger partial charge < -0.3 is 151 Å². The Morgan fingerprint density at radius 1 is 0.277 bits per heavy atom. The highest BCUT2D eigenvalue weighted by Gasteiger charge is 2.45. The third-order valence-corrected chi connectivity index (χ3v) is 17.2. The molecule has 0 amide bonds. The fraction of sp³-hybridized carbons (Fsp3) is 0.162. The van der Waals surface area contributed by atoms with Crippen molar-refractivity contribution in [3.63, 3.8) is 0 Å². The van der Waals surface area contributed by atoms with Crippen molar-refractivity contribution < 1.29 is 165 Å². The van der Waals surface area contributed by atoms with Crippen molar-refractivity contribution in [2.24, 2.45) is 0 Å². The van der Waals surface area contributed by atoms with Crippen molar-refractivity contribution in [3.05, 3.63) is 157 Å². The van der Waals surface area contributed by atoms with Gasteiger partial charge in [-0.1, -0.05) is 0 Å². The van der Waals surface area contributed by atoms with Gasteiger partial charge in [-0.15, -0.1) is 0 Å². The smallest absolute Gasteiger partial charge is 0.338 e. The fourth-order valence-corrected chi connectivity index (χ4v) is 12.2. The zero-order valence-corrected chi connectivity index (χ0v) is 51.0. The highest BCUT2D eigenvalue weighted by atomic mass is 16.6. The maximum Gasteiger partial charge on any atom is 0.338 e. The van der Waals surface area contributed by atoms with Gasteiger partial charge in [0, 0.05) is 99.9 Å². The lowest BCUT2D eigenvalue weighted by Crippen LogP contribution is -2.36. The van der Waals surface area contributed by atoms with Gasteiger partial charge in [0.05, 0.1) is 16.7 Å². The summed E-state index contributed by atoms with van der Waals surface area (Å²) in [4.78, 5) is 41.8. The summed E-state index contributed by atoms with van der Waals surface area (Å²) in [5.74, 6) is -28.9. The first-order valence-electron chi connectivity index (χ1n) is 29.5. The lowest BCUT2D eigenvalue weighted by atomic mass is 9.85. The normalized spacial score (nSPS) is 17.4. The molecule has 0 radical (unpaired) electrons. The van der Waals surface area contributed by atoms with E-state index in [1.807, 2.05) is 0 Å². The van der Waals surface area contributed by atoms with Crippen LogP contribution in [-0.2, 0) is 46.3 Å². The van der Waals surface area contributed by atoms with Crippen LogP contribution in [0.2, 0.25) is 0 Å². The molecule has 9 aromatic carbocycles. The summed E-state index contributed by atoms with van der Waals surface area (Å²) in [5.41, 5.74) is -5.97. The molecule has 3 heterocycles. The zero-order valence-electron chi connectivity index (χ0n) is 51.0. The Labute approximate surface area is 562 Å². The Morgan fingerprint density at radius 2 is 0.564 bits per heavy atom. The van der Waals surface area contributed by atoms with E-state index in [2.05, 4.69) is 0 Å². The highest BCUT2D eigenvalue weighted by molar-refractivity contribution is 5.93. The molecule has 3 aliphatic rings.